The molecular formula is C11H18IN5S. The smallest absolute Gasteiger partial charge is 0.191 e. The second kappa shape index (κ2) is 7.78. The normalized spacial score (nSPS) is 16.3. The maximum atomic E-state index is 5.96. The summed E-state index contributed by atoms with van der Waals surface area (Å²) in [6.07, 6.45) is 1.75. The minimum atomic E-state index is 0. The molecule has 1 saturated heterocycles. The zero-order chi connectivity index (χ0) is 12.1. The molecule has 18 heavy (non-hydrogen) atoms. The van der Waals surface area contributed by atoms with Gasteiger partial charge in [0.1, 0.15) is 5.82 Å². The van der Waals surface area contributed by atoms with E-state index in [1.54, 1.807) is 6.20 Å². The fourth-order valence-corrected chi connectivity index (χ4v) is 2.55. The predicted molar refractivity (Wildman–Crippen MR) is 86.4 cm³/mol. The minimum absolute atomic E-state index is 0. The summed E-state index contributed by atoms with van der Waals surface area (Å²) >= 11 is 1.96. The maximum absolute atomic E-state index is 5.96. The van der Waals surface area contributed by atoms with Crippen molar-refractivity contribution in [3.63, 3.8) is 0 Å². The largest absolute Gasteiger partial charge is 0.370 e. The summed E-state index contributed by atoms with van der Waals surface area (Å²) in [4.78, 5) is 14.9. The van der Waals surface area contributed by atoms with Gasteiger partial charge in [0.05, 0.1) is 12.2 Å². The SMILES string of the molecule is Cc1nccc(CN=C(N)N2CCSCC2)n1.I. The molecule has 0 amide bonds. The van der Waals surface area contributed by atoms with E-state index in [1.165, 1.54) is 0 Å². The zero-order valence-corrected chi connectivity index (χ0v) is 13.5. The van der Waals surface area contributed by atoms with Gasteiger partial charge in [-0.1, -0.05) is 0 Å². The Balaban J connectivity index is 0.00000162. The van der Waals surface area contributed by atoms with Crippen LogP contribution >= 0.6 is 35.7 Å². The Bertz CT molecular complexity index is 406. The van der Waals surface area contributed by atoms with Crippen LogP contribution in [0.25, 0.3) is 0 Å². The number of nitrogens with two attached hydrogens (primary N) is 1. The topological polar surface area (TPSA) is 67.4 Å². The first-order valence-electron chi connectivity index (χ1n) is 5.67. The molecule has 0 aliphatic carbocycles. The van der Waals surface area contributed by atoms with Crippen LogP contribution in [0.1, 0.15) is 11.5 Å². The third-order valence-electron chi connectivity index (χ3n) is 2.57. The van der Waals surface area contributed by atoms with Crippen molar-refractivity contribution in [1.82, 2.24) is 14.9 Å². The predicted octanol–water partition coefficient (Wildman–Crippen LogP) is 1.27. The summed E-state index contributed by atoms with van der Waals surface area (Å²) in [5.74, 6) is 3.65. The van der Waals surface area contributed by atoms with Crippen molar-refractivity contribution in [2.75, 3.05) is 24.6 Å². The Kier molecular flexibility index (Phi) is 6.69. The summed E-state index contributed by atoms with van der Waals surface area (Å²) in [5.41, 5.74) is 6.87. The van der Waals surface area contributed by atoms with Gasteiger partial charge in [0.25, 0.3) is 0 Å². The number of aliphatic imine (C=N–C) groups is 1. The summed E-state index contributed by atoms with van der Waals surface area (Å²) in [5, 5.41) is 0. The molecule has 0 radical (unpaired) electrons. The van der Waals surface area contributed by atoms with Gasteiger partial charge >= 0.3 is 0 Å². The highest BCUT2D eigenvalue weighted by Gasteiger charge is 2.11. The number of hydrogen-bond donors (Lipinski definition) is 1. The molecule has 2 heterocycles. The Morgan fingerprint density at radius 2 is 2.22 bits per heavy atom. The lowest BCUT2D eigenvalue weighted by molar-refractivity contribution is 0.455. The molecule has 0 bridgehead atoms. The molecule has 2 N–H and O–H groups in total. The standard InChI is InChI=1S/C11H17N5S.HI/c1-9-13-3-2-10(15-9)8-14-11(12)16-4-6-17-7-5-16;/h2-3H,4-8H2,1H3,(H2,12,14);1H. The summed E-state index contributed by atoms with van der Waals surface area (Å²) in [6.45, 7) is 4.38. The first-order valence-corrected chi connectivity index (χ1v) is 6.82. The third kappa shape index (κ3) is 4.60. The number of aromatic nitrogens is 2. The zero-order valence-electron chi connectivity index (χ0n) is 10.4. The molecule has 0 atom stereocenters. The third-order valence-corrected chi connectivity index (χ3v) is 3.51. The highest BCUT2D eigenvalue weighted by atomic mass is 127. The van der Waals surface area contributed by atoms with E-state index in [0.29, 0.717) is 12.5 Å². The van der Waals surface area contributed by atoms with Gasteiger partial charge in [-0.15, -0.1) is 24.0 Å². The van der Waals surface area contributed by atoms with E-state index in [1.807, 2.05) is 24.8 Å². The van der Waals surface area contributed by atoms with Crippen molar-refractivity contribution in [1.29, 1.82) is 0 Å². The molecule has 7 heteroatoms. The van der Waals surface area contributed by atoms with Crippen LogP contribution in [0.3, 0.4) is 0 Å². The van der Waals surface area contributed by atoms with E-state index in [2.05, 4.69) is 19.9 Å². The molecule has 1 aromatic heterocycles. The van der Waals surface area contributed by atoms with Gasteiger partial charge in [0.2, 0.25) is 0 Å². The van der Waals surface area contributed by atoms with E-state index >= 15 is 0 Å². The molecule has 100 valence electrons. The Morgan fingerprint density at radius 1 is 1.50 bits per heavy atom. The molecule has 1 fully saturated rings. The van der Waals surface area contributed by atoms with Crippen molar-refractivity contribution in [3.05, 3.63) is 23.8 Å². The van der Waals surface area contributed by atoms with Crippen LogP contribution in [0.2, 0.25) is 0 Å². The van der Waals surface area contributed by atoms with E-state index in [4.69, 9.17) is 5.73 Å². The number of aryl methyl sites for hydroxylation is 1. The van der Waals surface area contributed by atoms with Gasteiger partial charge in [0.15, 0.2) is 5.96 Å². The van der Waals surface area contributed by atoms with Crippen molar-refractivity contribution in [3.8, 4) is 0 Å². The Labute approximate surface area is 129 Å². The number of guanidine groups is 1. The molecule has 2 rings (SSSR count). The molecule has 0 saturated carbocycles. The Morgan fingerprint density at radius 3 is 2.89 bits per heavy atom. The quantitative estimate of drug-likeness (QED) is 0.476. The molecule has 0 spiro atoms. The van der Waals surface area contributed by atoms with E-state index in [0.717, 1.165) is 36.1 Å². The van der Waals surface area contributed by atoms with Crippen molar-refractivity contribution >= 4 is 41.7 Å². The average molecular weight is 379 g/mol. The first-order chi connectivity index (χ1) is 8.25. The fourth-order valence-electron chi connectivity index (χ4n) is 1.65. The lowest BCUT2D eigenvalue weighted by Gasteiger charge is -2.27. The molecule has 1 aromatic rings. The summed E-state index contributed by atoms with van der Waals surface area (Å²) in [6, 6.07) is 1.87. The van der Waals surface area contributed by atoms with E-state index in [-0.39, 0.29) is 24.0 Å². The highest BCUT2D eigenvalue weighted by molar-refractivity contribution is 14.0. The van der Waals surface area contributed by atoms with Crippen LogP contribution in [-0.4, -0.2) is 45.4 Å². The monoisotopic (exact) mass is 379 g/mol. The van der Waals surface area contributed by atoms with Crippen molar-refractivity contribution in [2.45, 2.75) is 13.5 Å². The first kappa shape index (κ1) is 15.5. The van der Waals surface area contributed by atoms with Crippen LogP contribution in [0.4, 0.5) is 0 Å². The number of halogens is 1. The van der Waals surface area contributed by atoms with Crippen LogP contribution < -0.4 is 5.73 Å². The number of thioether (sulfide) groups is 1. The van der Waals surface area contributed by atoms with Gasteiger partial charge in [-0.25, -0.2) is 15.0 Å². The van der Waals surface area contributed by atoms with Crippen LogP contribution in [0.15, 0.2) is 17.3 Å². The van der Waals surface area contributed by atoms with Crippen LogP contribution in [0.5, 0.6) is 0 Å². The second-order valence-electron chi connectivity index (χ2n) is 3.87. The minimum Gasteiger partial charge on any atom is -0.370 e. The molecule has 1 aliphatic rings. The summed E-state index contributed by atoms with van der Waals surface area (Å²) in [7, 11) is 0. The van der Waals surface area contributed by atoms with Crippen LogP contribution in [-0.2, 0) is 6.54 Å². The van der Waals surface area contributed by atoms with Gasteiger partial charge < -0.3 is 10.6 Å². The van der Waals surface area contributed by atoms with Crippen molar-refractivity contribution < 1.29 is 0 Å². The lowest BCUT2D eigenvalue weighted by Crippen LogP contribution is -2.42. The van der Waals surface area contributed by atoms with Gasteiger partial charge in [-0.3, -0.25) is 0 Å². The molecule has 1 aliphatic heterocycles. The number of rotatable bonds is 2. The van der Waals surface area contributed by atoms with Crippen molar-refractivity contribution in [2.24, 2.45) is 10.7 Å². The molecule has 0 unspecified atom stereocenters. The second-order valence-corrected chi connectivity index (χ2v) is 5.09. The highest BCUT2D eigenvalue weighted by Crippen LogP contribution is 2.08. The fraction of sp³-hybridized carbons (Fsp3) is 0.545. The lowest BCUT2D eigenvalue weighted by atomic mass is 10.4. The van der Waals surface area contributed by atoms with Gasteiger partial charge in [-0.2, -0.15) is 11.8 Å². The Hall–Kier alpha value is -0.570. The summed E-state index contributed by atoms with van der Waals surface area (Å²) < 4.78 is 0. The number of nitrogens with zero attached hydrogens (tertiary/aromatic N) is 4. The van der Waals surface area contributed by atoms with E-state index < -0.39 is 0 Å². The molecule has 5 nitrogen and oxygen atoms in total. The van der Waals surface area contributed by atoms with Gasteiger partial charge in [0, 0.05) is 30.8 Å². The van der Waals surface area contributed by atoms with Crippen LogP contribution in [0, 0.1) is 6.92 Å². The van der Waals surface area contributed by atoms with Gasteiger partial charge in [-0.05, 0) is 13.0 Å². The average Bonchev–Trinajstić information content (AvgIpc) is 2.37. The number of hydrogen-bond acceptors (Lipinski definition) is 4. The maximum Gasteiger partial charge on any atom is 0.191 e. The van der Waals surface area contributed by atoms with E-state index in [9.17, 15) is 0 Å². The molecule has 0 aromatic carbocycles. The molecular weight excluding hydrogens is 361 g/mol.